The van der Waals surface area contributed by atoms with Crippen molar-refractivity contribution < 1.29 is 9.90 Å². The number of imidazole rings is 1. The second-order valence-corrected chi connectivity index (χ2v) is 6.64. The molecule has 0 spiro atoms. The number of benzene rings is 1. The first-order chi connectivity index (χ1) is 12.6. The molecule has 2 aromatic heterocycles. The highest BCUT2D eigenvalue weighted by Crippen LogP contribution is 2.25. The van der Waals surface area contributed by atoms with Gasteiger partial charge in [0.1, 0.15) is 0 Å². The number of carbonyl (C=O) groups excluding carboxylic acids is 1. The first kappa shape index (κ1) is 16.5. The molecule has 1 aromatic carbocycles. The highest BCUT2D eigenvalue weighted by atomic mass is 16.3. The second kappa shape index (κ2) is 6.72. The minimum Gasteiger partial charge on any atom is -0.388 e. The van der Waals surface area contributed by atoms with Crippen molar-refractivity contribution in [1.82, 2.24) is 29.4 Å². The van der Waals surface area contributed by atoms with Gasteiger partial charge < -0.3 is 14.6 Å². The van der Waals surface area contributed by atoms with E-state index in [1.807, 2.05) is 41.1 Å². The van der Waals surface area contributed by atoms with Crippen LogP contribution in [0.3, 0.4) is 0 Å². The van der Waals surface area contributed by atoms with Crippen molar-refractivity contribution in [3.63, 3.8) is 0 Å². The van der Waals surface area contributed by atoms with Gasteiger partial charge in [0.05, 0.1) is 30.4 Å². The van der Waals surface area contributed by atoms with E-state index in [2.05, 4.69) is 15.3 Å². The average molecular weight is 352 g/mol. The molecule has 1 aliphatic heterocycles. The summed E-state index contributed by atoms with van der Waals surface area (Å²) < 4.78 is 3.45. The molecule has 0 unspecified atom stereocenters. The van der Waals surface area contributed by atoms with E-state index in [1.165, 1.54) is 0 Å². The van der Waals surface area contributed by atoms with Crippen LogP contribution >= 0.6 is 0 Å². The Morgan fingerprint density at radius 1 is 1.19 bits per heavy atom. The van der Waals surface area contributed by atoms with Gasteiger partial charge in [0, 0.05) is 25.5 Å². The predicted molar refractivity (Wildman–Crippen MR) is 93.7 cm³/mol. The maximum absolute atomic E-state index is 12.7. The zero-order valence-electron chi connectivity index (χ0n) is 14.3. The molecule has 8 heteroatoms. The van der Waals surface area contributed by atoms with E-state index in [0.29, 0.717) is 38.2 Å². The summed E-state index contributed by atoms with van der Waals surface area (Å²) in [5.74, 6) is -0.156. The van der Waals surface area contributed by atoms with E-state index in [0.717, 1.165) is 5.69 Å². The summed E-state index contributed by atoms with van der Waals surface area (Å²) in [6.45, 7) is 1.46. The Bertz CT molecular complexity index is 866. The number of nitrogens with zero attached hydrogens (tertiary/aromatic N) is 6. The van der Waals surface area contributed by atoms with Crippen molar-refractivity contribution in [1.29, 1.82) is 0 Å². The standard InChI is InChI=1S/C18H20N6O2/c25-17(16-12-24(21-20-16)15-4-2-1-3-5-15)23-9-6-18(26,7-10-23)13-22-11-8-19-14-22/h1-5,8,11-12,14,26H,6-7,9-10,13H2. The van der Waals surface area contributed by atoms with E-state index in [-0.39, 0.29) is 5.91 Å². The van der Waals surface area contributed by atoms with Crippen LogP contribution < -0.4 is 0 Å². The molecule has 0 aliphatic carbocycles. The highest BCUT2D eigenvalue weighted by Gasteiger charge is 2.35. The lowest BCUT2D eigenvalue weighted by atomic mass is 9.91. The Labute approximate surface area is 150 Å². The van der Waals surface area contributed by atoms with Gasteiger partial charge in [-0.2, -0.15) is 0 Å². The summed E-state index contributed by atoms with van der Waals surface area (Å²) in [7, 11) is 0. The van der Waals surface area contributed by atoms with Gasteiger partial charge in [0.2, 0.25) is 0 Å². The third kappa shape index (κ3) is 3.36. The van der Waals surface area contributed by atoms with Crippen LogP contribution in [0.15, 0.2) is 55.2 Å². The number of piperidine rings is 1. The Hall–Kier alpha value is -3.00. The van der Waals surface area contributed by atoms with Gasteiger partial charge in [0.15, 0.2) is 5.69 Å². The molecule has 4 rings (SSSR count). The molecule has 3 aromatic rings. The Kier molecular flexibility index (Phi) is 4.26. The van der Waals surface area contributed by atoms with Crippen molar-refractivity contribution in [2.24, 2.45) is 0 Å². The second-order valence-electron chi connectivity index (χ2n) is 6.64. The van der Waals surface area contributed by atoms with Crippen molar-refractivity contribution in [2.75, 3.05) is 13.1 Å². The number of amides is 1. The number of hydrogen-bond acceptors (Lipinski definition) is 5. The fraction of sp³-hybridized carbons (Fsp3) is 0.333. The molecule has 0 radical (unpaired) electrons. The topological polar surface area (TPSA) is 89.1 Å². The van der Waals surface area contributed by atoms with Gasteiger partial charge in [-0.3, -0.25) is 4.79 Å². The van der Waals surface area contributed by atoms with Gasteiger partial charge in [-0.1, -0.05) is 23.4 Å². The van der Waals surface area contributed by atoms with Gasteiger partial charge in [-0.25, -0.2) is 9.67 Å². The predicted octanol–water partition coefficient (Wildman–Crippen LogP) is 1.13. The van der Waals surface area contributed by atoms with Crippen LogP contribution in [0.25, 0.3) is 5.69 Å². The number of carbonyl (C=O) groups is 1. The molecule has 1 saturated heterocycles. The summed E-state index contributed by atoms with van der Waals surface area (Å²) in [5, 5.41) is 18.8. The molecule has 0 atom stereocenters. The van der Waals surface area contributed by atoms with E-state index >= 15 is 0 Å². The summed E-state index contributed by atoms with van der Waals surface area (Å²) >= 11 is 0. The smallest absolute Gasteiger partial charge is 0.276 e. The number of para-hydroxylation sites is 1. The molecule has 3 heterocycles. The first-order valence-corrected chi connectivity index (χ1v) is 8.58. The van der Waals surface area contributed by atoms with Crippen LogP contribution in [-0.4, -0.2) is 59.1 Å². The fourth-order valence-corrected chi connectivity index (χ4v) is 3.23. The lowest BCUT2D eigenvalue weighted by molar-refractivity contribution is -0.0293. The molecular formula is C18H20N6O2. The van der Waals surface area contributed by atoms with Crippen molar-refractivity contribution >= 4 is 5.91 Å². The fourth-order valence-electron chi connectivity index (χ4n) is 3.23. The van der Waals surface area contributed by atoms with Gasteiger partial charge >= 0.3 is 0 Å². The molecule has 1 fully saturated rings. The maximum Gasteiger partial charge on any atom is 0.276 e. The van der Waals surface area contributed by atoms with E-state index in [9.17, 15) is 9.90 Å². The Balaban J connectivity index is 1.40. The minimum atomic E-state index is -0.820. The molecular weight excluding hydrogens is 332 g/mol. The molecule has 0 bridgehead atoms. The zero-order chi connectivity index (χ0) is 18.0. The third-order valence-corrected chi connectivity index (χ3v) is 4.75. The maximum atomic E-state index is 12.7. The van der Waals surface area contributed by atoms with Crippen LogP contribution in [0, 0.1) is 0 Å². The lowest BCUT2D eigenvalue weighted by Crippen LogP contribution is -2.48. The number of likely N-dealkylation sites (tertiary alicyclic amines) is 1. The number of hydrogen-bond donors (Lipinski definition) is 1. The van der Waals surface area contributed by atoms with E-state index < -0.39 is 5.60 Å². The van der Waals surface area contributed by atoms with Crippen LogP contribution in [0.1, 0.15) is 23.3 Å². The number of aromatic nitrogens is 5. The monoisotopic (exact) mass is 352 g/mol. The van der Waals surface area contributed by atoms with Gasteiger partial charge in [0.25, 0.3) is 5.91 Å². The summed E-state index contributed by atoms with van der Waals surface area (Å²) in [6, 6.07) is 9.54. The third-order valence-electron chi connectivity index (χ3n) is 4.75. The summed E-state index contributed by atoms with van der Waals surface area (Å²) in [5.41, 5.74) is 0.348. The Morgan fingerprint density at radius 2 is 1.96 bits per heavy atom. The zero-order valence-corrected chi connectivity index (χ0v) is 14.3. The summed E-state index contributed by atoms with van der Waals surface area (Å²) in [6.07, 6.45) is 7.89. The lowest BCUT2D eigenvalue weighted by Gasteiger charge is -2.38. The molecule has 8 nitrogen and oxygen atoms in total. The van der Waals surface area contributed by atoms with Gasteiger partial charge in [-0.15, -0.1) is 5.10 Å². The summed E-state index contributed by atoms with van der Waals surface area (Å²) in [4.78, 5) is 18.4. The van der Waals surface area contributed by atoms with E-state index in [4.69, 9.17) is 0 Å². The van der Waals surface area contributed by atoms with Crippen LogP contribution in [0.4, 0.5) is 0 Å². The van der Waals surface area contributed by atoms with Crippen molar-refractivity contribution in [2.45, 2.75) is 25.0 Å². The molecule has 134 valence electrons. The van der Waals surface area contributed by atoms with Crippen LogP contribution in [0.2, 0.25) is 0 Å². The van der Waals surface area contributed by atoms with Crippen LogP contribution in [0.5, 0.6) is 0 Å². The van der Waals surface area contributed by atoms with Crippen LogP contribution in [-0.2, 0) is 6.54 Å². The van der Waals surface area contributed by atoms with E-state index in [1.54, 1.807) is 28.3 Å². The Morgan fingerprint density at radius 3 is 2.65 bits per heavy atom. The van der Waals surface area contributed by atoms with Gasteiger partial charge in [-0.05, 0) is 25.0 Å². The largest absolute Gasteiger partial charge is 0.388 e. The first-order valence-electron chi connectivity index (χ1n) is 8.58. The number of aliphatic hydroxyl groups is 1. The normalized spacial score (nSPS) is 16.6. The highest BCUT2D eigenvalue weighted by molar-refractivity contribution is 5.92. The molecule has 26 heavy (non-hydrogen) atoms. The molecule has 1 amide bonds. The van der Waals surface area contributed by atoms with Crippen molar-refractivity contribution in [3.05, 3.63) is 60.9 Å². The minimum absolute atomic E-state index is 0.156. The quantitative estimate of drug-likeness (QED) is 0.760. The van der Waals surface area contributed by atoms with Crippen molar-refractivity contribution in [3.8, 4) is 5.69 Å². The molecule has 1 aliphatic rings. The number of rotatable bonds is 4. The molecule has 0 saturated carbocycles. The average Bonchev–Trinajstić information content (AvgIpc) is 3.34. The SMILES string of the molecule is O=C(c1cn(-c2ccccc2)nn1)N1CCC(O)(Cn2ccnc2)CC1. The molecule has 1 N–H and O–H groups in total.